The van der Waals surface area contributed by atoms with Crippen LogP contribution >= 0.6 is 11.3 Å². The van der Waals surface area contributed by atoms with Gasteiger partial charge in [0, 0.05) is 12.7 Å². The fraction of sp³-hybridized carbons (Fsp3) is 0.182. The first kappa shape index (κ1) is 18.3. The van der Waals surface area contributed by atoms with Crippen LogP contribution in [0, 0.1) is 0 Å². The topological polar surface area (TPSA) is 60.3 Å². The maximum Gasteiger partial charge on any atom is 0.307 e. The van der Waals surface area contributed by atoms with Crippen molar-refractivity contribution in [1.82, 2.24) is 4.57 Å². The van der Waals surface area contributed by atoms with E-state index < -0.39 is 6.10 Å². The van der Waals surface area contributed by atoms with Crippen LogP contribution in [0.2, 0.25) is 0 Å². The third kappa shape index (κ3) is 3.51. The fourth-order valence-corrected chi connectivity index (χ4v) is 4.08. The molecule has 1 heterocycles. The Bertz CT molecular complexity index is 1230. The first-order valence-electron chi connectivity index (χ1n) is 9.11. The van der Waals surface area contributed by atoms with Crippen molar-refractivity contribution in [3.63, 3.8) is 0 Å². The van der Waals surface area contributed by atoms with E-state index in [4.69, 9.17) is 4.74 Å². The zero-order chi connectivity index (χ0) is 19.7. The molecule has 0 aliphatic carbocycles. The number of thiazole rings is 1. The van der Waals surface area contributed by atoms with Gasteiger partial charge in [0.05, 0.1) is 10.2 Å². The predicted octanol–water partition coefficient (Wildman–Crippen LogP) is 4.55. The van der Waals surface area contributed by atoms with Gasteiger partial charge in [0.1, 0.15) is 5.75 Å². The highest BCUT2D eigenvalue weighted by molar-refractivity contribution is 7.16. The van der Waals surface area contributed by atoms with Crippen LogP contribution in [0.3, 0.4) is 0 Å². The van der Waals surface area contributed by atoms with E-state index >= 15 is 0 Å². The minimum absolute atomic E-state index is 0.0236. The number of hydrogen-bond donors (Lipinski definition) is 1. The van der Waals surface area contributed by atoms with E-state index in [-0.39, 0.29) is 10.8 Å². The normalized spacial score (nSPS) is 12.2. The highest BCUT2D eigenvalue weighted by atomic mass is 32.1. The van der Waals surface area contributed by atoms with Crippen molar-refractivity contribution in [2.75, 3.05) is 5.32 Å². The van der Waals surface area contributed by atoms with Gasteiger partial charge in [-0.1, -0.05) is 48.6 Å². The van der Waals surface area contributed by atoms with Gasteiger partial charge in [-0.25, -0.2) is 0 Å². The minimum Gasteiger partial charge on any atom is -0.481 e. The van der Waals surface area contributed by atoms with Gasteiger partial charge in [-0.15, -0.1) is 0 Å². The second-order valence-corrected chi connectivity index (χ2v) is 7.62. The predicted molar refractivity (Wildman–Crippen MR) is 114 cm³/mol. The molecular formula is C22H20N2O3S. The van der Waals surface area contributed by atoms with Crippen LogP contribution in [0.1, 0.15) is 13.3 Å². The average Bonchev–Trinajstić information content (AvgIpc) is 2.99. The Morgan fingerprint density at radius 3 is 2.68 bits per heavy atom. The zero-order valence-corrected chi connectivity index (χ0v) is 16.5. The molecule has 5 nitrogen and oxygen atoms in total. The van der Waals surface area contributed by atoms with Gasteiger partial charge in [0.2, 0.25) is 0 Å². The van der Waals surface area contributed by atoms with Gasteiger partial charge in [-0.2, -0.15) is 0 Å². The summed E-state index contributed by atoms with van der Waals surface area (Å²) in [4.78, 5) is 24.5. The van der Waals surface area contributed by atoms with E-state index in [2.05, 4.69) is 5.32 Å². The molecule has 1 atom stereocenters. The monoisotopic (exact) mass is 392 g/mol. The van der Waals surface area contributed by atoms with Crippen molar-refractivity contribution in [2.24, 2.45) is 7.05 Å². The maximum absolute atomic E-state index is 12.7. The molecule has 3 aromatic carbocycles. The Labute approximate surface area is 166 Å². The Morgan fingerprint density at radius 2 is 1.89 bits per heavy atom. The van der Waals surface area contributed by atoms with Crippen LogP contribution in [0.5, 0.6) is 5.75 Å². The Hall–Kier alpha value is -3.12. The number of amides is 1. The fourth-order valence-electron chi connectivity index (χ4n) is 3.16. The molecular weight excluding hydrogens is 372 g/mol. The maximum atomic E-state index is 12.7. The summed E-state index contributed by atoms with van der Waals surface area (Å²) < 4.78 is 8.39. The van der Waals surface area contributed by atoms with Crippen molar-refractivity contribution in [3.05, 3.63) is 70.3 Å². The van der Waals surface area contributed by atoms with Crippen LogP contribution < -0.4 is 14.9 Å². The van der Waals surface area contributed by atoms with Crippen molar-refractivity contribution in [2.45, 2.75) is 19.4 Å². The third-order valence-corrected chi connectivity index (χ3v) is 5.72. The molecule has 1 N–H and O–H groups in total. The van der Waals surface area contributed by atoms with E-state index in [1.54, 1.807) is 17.7 Å². The van der Waals surface area contributed by atoms with E-state index in [9.17, 15) is 9.59 Å². The van der Waals surface area contributed by atoms with Gasteiger partial charge in [0.15, 0.2) is 6.10 Å². The number of ether oxygens (including phenoxy) is 1. The smallest absolute Gasteiger partial charge is 0.307 e. The molecule has 1 amide bonds. The van der Waals surface area contributed by atoms with Crippen LogP contribution in [-0.2, 0) is 11.8 Å². The number of aryl methyl sites for hydroxylation is 1. The zero-order valence-electron chi connectivity index (χ0n) is 15.6. The summed E-state index contributed by atoms with van der Waals surface area (Å²) in [6.07, 6.45) is -0.0640. The number of fused-ring (bicyclic) bond motifs is 2. The molecule has 0 fully saturated rings. The van der Waals surface area contributed by atoms with Gasteiger partial charge in [0.25, 0.3) is 5.91 Å². The van der Waals surface area contributed by atoms with Crippen LogP contribution in [-0.4, -0.2) is 16.6 Å². The Kier molecular flexibility index (Phi) is 4.88. The molecule has 0 bridgehead atoms. The average molecular weight is 392 g/mol. The molecule has 0 radical (unpaired) electrons. The second kappa shape index (κ2) is 7.48. The summed E-state index contributed by atoms with van der Waals surface area (Å²) in [6, 6.07) is 19.3. The molecule has 6 heteroatoms. The summed E-state index contributed by atoms with van der Waals surface area (Å²) in [5.41, 5.74) is 1.51. The standard InChI is InChI=1S/C22H20N2O3S/c1-3-19(27-17-10-8-14-6-4-5-7-15(14)12-17)21(25)23-16-9-11-18-20(13-16)28-22(26)24(18)2/h4-13,19H,3H2,1-2H3,(H,23,25). The first-order chi connectivity index (χ1) is 13.5. The van der Waals surface area contributed by atoms with E-state index in [1.165, 1.54) is 0 Å². The molecule has 4 aromatic rings. The molecule has 0 saturated carbocycles. The second-order valence-electron chi connectivity index (χ2n) is 6.62. The van der Waals surface area contributed by atoms with Crippen LogP contribution in [0.4, 0.5) is 5.69 Å². The summed E-state index contributed by atoms with van der Waals surface area (Å²) in [5, 5.41) is 5.10. The van der Waals surface area contributed by atoms with Gasteiger partial charge >= 0.3 is 4.87 Å². The lowest BCUT2D eigenvalue weighted by Crippen LogP contribution is -2.32. The molecule has 0 saturated heterocycles. The molecule has 1 aromatic heterocycles. The first-order valence-corrected chi connectivity index (χ1v) is 9.92. The summed E-state index contributed by atoms with van der Waals surface area (Å²) in [7, 11) is 1.74. The quantitative estimate of drug-likeness (QED) is 0.542. The number of benzene rings is 3. The van der Waals surface area contributed by atoms with Crippen LogP contribution in [0.25, 0.3) is 21.0 Å². The van der Waals surface area contributed by atoms with Gasteiger partial charge < -0.3 is 14.6 Å². The minimum atomic E-state index is -0.605. The SMILES string of the molecule is CCC(Oc1ccc2ccccc2c1)C(=O)Nc1ccc2c(c1)sc(=O)n2C. The lowest BCUT2D eigenvalue weighted by atomic mass is 10.1. The van der Waals surface area contributed by atoms with E-state index in [0.29, 0.717) is 17.9 Å². The lowest BCUT2D eigenvalue weighted by Gasteiger charge is -2.17. The van der Waals surface area contributed by atoms with Crippen LogP contribution in [0.15, 0.2) is 65.5 Å². The molecule has 28 heavy (non-hydrogen) atoms. The number of carbonyl (C=O) groups is 1. The molecule has 4 rings (SSSR count). The number of nitrogens with one attached hydrogen (secondary N) is 1. The number of aromatic nitrogens is 1. The highest BCUT2D eigenvalue weighted by Gasteiger charge is 2.19. The van der Waals surface area contributed by atoms with E-state index in [0.717, 1.165) is 32.3 Å². The molecule has 0 aliphatic heterocycles. The van der Waals surface area contributed by atoms with Crippen molar-refractivity contribution in [3.8, 4) is 5.75 Å². The lowest BCUT2D eigenvalue weighted by molar-refractivity contribution is -0.122. The summed E-state index contributed by atoms with van der Waals surface area (Å²) >= 11 is 1.16. The number of carbonyl (C=O) groups excluding carboxylic acids is 1. The highest BCUT2D eigenvalue weighted by Crippen LogP contribution is 2.24. The number of nitrogens with zero attached hydrogens (tertiary/aromatic N) is 1. The molecule has 0 aliphatic rings. The van der Waals surface area contributed by atoms with Gasteiger partial charge in [-0.3, -0.25) is 9.59 Å². The number of anilines is 1. The number of rotatable bonds is 5. The third-order valence-electron chi connectivity index (χ3n) is 4.72. The van der Waals surface area contributed by atoms with Crippen molar-refractivity contribution < 1.29 is 9.53 Å². The van der Waals surface area contributed by atoms with Crippen molar-refractivity contribution >= 4 is 43.9 Å². The molecule has 1 unspecified atom stereocenters. The van der Waals surface area contributed by atoms with Gasteiger partial charge in [-0.05, 0) is 47.5 Å². The van der Waals surface area contributed by atoms with Crippen molar-refractivity contribution in [1.29, 1.82) is 0 Å². The Morgan fingerprint density at radius 1 is 1.11 bits per heavy atom. The molecule has 142 valence electrons. The number of hydrogen-bond acceptors (Lipinski definition) is 4. The summed E-state index contributed by atoms with van der Waals surface area (Å²) in [5.74, 6) is 0.454. The Balaban J connectivity index is 1.52. The largest absolute Gasteiger partial charge is 0.481 e. The van der Waals surface area contributed by atoms with E-state index in [1.807, 2.05) is 61.5 Å². The molecule has 0 spiro atoms. The summed E-state index contributed by atoms with van der Waals surface area (Å²) in [6.45, 7) is 1.91.